The first-order valence-electron chi connectivity index (χ1n) is 7.61. The van der Waals surface area contributed by atoms with Crippen molar-refractivity contribution in [3.05, 3.63) is 23.7 Å². The number of ether oxygens (including phenoxy) is 2. The molecule has 0 atom stereocenters. The maximum Gasteiger partial charge on any atom is 0.340 e. The largest absolute Gasteiger partial charge is 0.462 e. The van der Waals surface area contributed by atoms with Gasteiger partial charge in [0.25, 0.3) is 0 Å². The summed E-state index contributed by atoms with van der Waals surface area (Å²) in [7, 11) is 0. The van der Waals surface area contributed by atoms with Gasteiger partial charge in [0.2, 0.25) is 0 Å². The molecule has 2 aromatic heterocycles. The number of anilines is 1. The van der Waals surface area contributed by atoms with Crippen molar-refractivity contribution >= 4 is 17.3 Å². The Morgan fingerprint density at radius 2 is 2.14 bits per heavy atom. The van der Waals surface area contributed by atoms with Crippen LogP contribution < -0.4 is 4.90 Å². The van der Waals surface area contributed by atoms with Crippen LogP contribution >= 0.6 is 0 Å². The molecule has 22 heavy (non-hydrogen) atoms. The lowest BCUT2D eigenvalue weighted by molar-refractivity contribution is 0.0525. The molecule has 2 aromatic rings. The molecule has 0 aromatic carbocycles. The lowest BCUT2D eigenvalue weighted by Crippen LogP contribution is -2.37. The number of carbonyl (C=O) groups excluding carboxylic acids is 1. The van der Waals surface area contributed by atoms with E-state index in [4.69, 9.17) is 9.47 Å². The van der Waals surface area contributed by atoms with Crippen molar-refractivity contribution in [3.63, 3.8) is 0 Å². The van der Waals surface area contributed by atoms with E-state index >= 15 is 0 Å². The molecular weight excluding hydrogens is 284 g/mol. The molecule has 0 bridgehead atoms. The minimum Gasteiger partial charge on any atom is -0.462 e. The predicted octanol–water partition coefficient (Wildman–Crippen LogP) is 1.30. The van der Waals surface area contributed by atoms with E-state index in [1.807, 2.05) is 6.92 Å². The van der Waals surface area contributed by atoms with E-state index in [1.54, 1.807) is 17.6 Å². The Kier molecular flexibility index (Phi) is 4.24. The van der Waals surface area contributed by atoms with Gasteiger partial charge in [0.05, 0.1) is 25.4 Å². The Hall–Kier alpha value is -2.15. The fourth-order valence-electron chi connectivity index (χ4n) is 2.81. The number of aromatic nitrogens is 3. The second-order valence-corrected chi connectivity index (χ2v) is 5.07. The van der Waals surface area contributed by atoms with Gasteiger partial charge >= 0.3 is 5.97 Å². The van der Waals surface area contributed by atoms with Gasteiger partial charge < -0.3 is 14.4 Å². The minimum absolute atomic E-state index is 0.308. The number of nitrogens with zero attached hydrogens (tertiary/aromatic N) is 4. The number of fused-ring (bicyclic) bond motifs is 1. The summed E-state index contributed by atoms with van der Waals surface area (Å²) in [5.41, 5.74) is 2.38. The van der Waals surface area contributed by atoms with Gasteiger partial charge in [0.1, 0.15) is 11.8 Å². The van der Waals surface area contributed by atoms with Gasteiger partial charge in [-0.3, -0.25) is 0 Å². The molecular formula is C15H20N4O3. The standard InChI is InChI=1S/C15H20N4O3/c1-3-11-12(15(20)22-4-2)9-19-13(11)14(16-10-17-19)18-5-7-21-8-6-18/h9-10H,3-8H2,1-2H3. The Balaban J connectivity index is 2.11. The van der Waals surface area contributed by atoms with E-state index in [1.165, 1.54) is 6.33 Å². The van der Waals surface area contributed by atoms with E-state index < -0.39 is 0 Å². The zero-order valence-electron chi connectivity index (χ0n) is 12.9. The first-order chi connectivity index (χ1) is 10.8. The first kappa shape index (κ1) is 14.8. The molecule has 118 valence electrons. The van der Waals surface area contributed by atoms with Crippen molar-refractivity contribution < 1.29 is 14.3 Å². The van der Waals surface area contributed by atoms with Crippen LogP contribution in [-0.4, -0.2) is 53.5 Å². The molecule has 1 saturated heterocycles. The fraction of sp³-hybridized carbons (Fsp3) is 0.533. The van der Waals surface area contributed by atoms with Crippen LogP contribution in [0.2, 0.25) is 0 Å². The average Bonchev–Trinajstić information content (AvgIpc) is 2.94. The van der Waals surface area contributed by atoms with Crippen LogP contribution in [-0.2, 0) is 15.9 Å². The van der Waals surface area contributed by atoms with Gasteiger partial charge in [-0.05, 0) is 18.9 Å². The van der Waals surface area contributed by atoms with E-state index in [9.17, 15) is 4.79 Å². The third kappa shape index (κ3) is 2.52. The number of hydrogen-bond acceptors (Lipinski definition) is 6. The summed E-state index contributed by atoms with van der Waals surface area (Å²) in [5.74, 6) is 0.545. The molecule has 3 rings (SSSR count). The maximum absolute atomic E-state index is 12.2. The summed E-state index contributed by atoms with van der Waals surface area (Å²) in [6, 6.07) is 0. The minimum atomic E-state index is -0.308. The molecule has 1 aliphatic heterocycles. The second-order valence-electron chi connectivity index (χ2n) is 5.07. The lowest BCUT2D eigenvalue weighted by Gasteiger charge is -2.28. The highest BCUT2D eigenvalue weighted by Crippen LogP contribution is 2.27. The number of esters is 1. The Labute approximate surface area is 128 Å². The summed E-state index contributed by atoms with van der Waals surface area (Å²) >= 11 is 0. The second kappa shape index (κ2) is 6.31. The van der Waals surface area contributed by atoms with Crippen LogP contribution in [0.15, 0.2) is 12.5 Å². The molecule has 3 heterocycles. The van der Waals surface area contributed by atoms with Gasteiger partial charge in [-0.15, -0.1) is 0 Å². The third-order valence-electron chi connectivity index (χ3n) is 3.82. The van der Waals surface area contributed by atoms with Gasteiger partial charge in [-0.25, -0.2) is 14.3 Å². The van der Waals surface area contributed by atoms with Crippen molar-refractivity contribution in [2.24, 2.45) is 0 Å². The van der Waals surface area contributed by atoms with E-state index in [0.29, 0.717) is 25.4 Å². The molecule has 0 aliphatic carbocycles. The smallest absolute Gasteiger partial charge is 0.340 e. The highest BCUT2D eigenvalue weighted by molar-refractivity contribution is 5.95. The van der Waals surface area contributed by atoms with Crippen LogP contribution in [0.1, 0.15) is 29.8 Å². The van der Waals surface area contributed by atoms with Gasteiger partial charge in [-0.1, -0.05) is 6.92 Å². The zero-order chi connectivity index (χ0) is 15.5. The van der Waals surface area contributed by atoms with Gasteiger partial charge in [-0.2, -0.15) is 5.10 Å². The SMILES string of the molecule is CCOC(=O)c1cn2ncnc(N3CCOCC3)c2c1CC. The summed E-state index contributed by atoms with van der Waals surface area (Å²) in [6.45, 7) is 7.13. The zero-order valence-corrected chi connectivity index (χ0v) is 12.9. The number of carbonyl (C=O) groups is 1. The van der Waals surface area contributed by atoms with Gasteiger partial charge in [0.15, 0.2) is 5.82 Å². The quantitative estimate of drug-likeness (QED) is 0.793. The molecule has 0 radical (unpaired) electrons. The van der Waals surface area contributed by atoms with E-state index in [-0.39, 0.29) is 5.97 Å². The Bertz CT molecular complexity index is 677. The number of aryl methyl sites for hydroxylation is 1. The summed E-state index contributed by atoms with van der Waals surface area (Å²) in [4.78, 5) is 18.8. The Morgan fingerprint density at radius 3 is 2.82 bits per heavy atom. The third-order valence-corrected chi connectivity index (χ3v) is 3.82. The highest BCUT2D eigenvalue weighted by atomic mass is 16.5. The topological polar surface area (TPSA) is 69.0 Å². The van der Waals surface area contributed by atoms with Crippen molar-refractivity contribution in [1.82, 2.24) is 14.6 Å². The van der Waals surface area contributed by atoms with Crippen LogP contribution in [0.3, 0.4) is 0 Å². The van der Waals surface area contributed by atoms with Crippen molar-refractivity contribution in [2.75, 3.05) is 37.8 Å². The highest BCUT2D eigenvalue weighted by Gasteiger charge is 2.23. The van der Waals surface area contributed by atoms with Crippen LogP contribution in [0.25, 0.3) is 5.52 Å². The maximum atomic E-state index is 12.2. The van der Waals surface area contributed by atoms with E-state index in [2.05, 4.69) is 15.0 Å². The molecule has 1 aliphatic rings. The normalized spacial score (nSPS) is 15.3. The summed E-state index contributed by atoms with van der Waals surface area (Å²) in [6.07, 6.45) is 3.97. The summed E-state index contributed by atoms with van der Waals surface area (Å²) < 4.78 is 12.3. The molecule has 0 amide bonds. The number of morpholine rings is 1. The molecule has 0 N–H and O–H groups in total. The first-order valence-corrected chi connectivity index (χ1v) is 7.61. The number of rotatable bonds is 4. The molecule has 0 saturated carbocycles. The fourth-order valence-corrected chi connectivity index (χ4v) is 2.81. The van der Waals surface area contributed by atoms with Crippen LogP contribution in [0, 0.1) is 0 Å². The predicted molar refractivity (Wildman–Crippen MR) is 81.4 cm³/mol. The van der Waals surface area contributed by atoms with Crippen molar-refractivity contribution in [1.29, 1.82) is 0 Å². The molecule has 0 unspecified atom stereocenters. The molecule has 0 spiro atoms. The molecule has 7 nitrogen and oxygen atoms in total. The summed E-state index contributed by atoms with van der Waals surface area (Å²) in [5, 5.41) is 4.25. The van der Waals surface area contributed by atoms with Gasteiger partial charge in [0, 0.05) is 19.3 Å². The van der Waals surface area contributed by atoms with E-state index in [0.717, 1.165) is 36.4 Å². The Morgan fingerprint density at radius 1 is 1.36 bits per heavy atom. The molecule has 7 heteroatoms. The molecule has 1 fully saturated rings. The van der Waals surface area contributed by atoms with Crippen molar-refractivity contribution in [2.45, 2.75) is 20.3 Å². The van der Waals surface area contributed by atoms with Crippen molar-refractivity contribution in [3.8, 4) is 0 Å². The monoisotopic (exact) mass is 304 g/mol. The lowest BCUT2D eigenvalue weighted by atomic mass is 10.1. The average molecular weight is 304 g/mol. The number of hydrogen-bond donors (Lipinski definition) is 0. The van der Waals surface area contributed by atoms with Crippen LogP contribution in [0.5, 0.6) is 0 Å². The van der Waals surface area contributed by atoms with Crippen LogP contribution in [0.4, 0.5) is 5.82 Å².